The van der Waals surface area contributed by atoms with Crippen molar-refractivity contribution in [2.45, 2.75) is 38.9 Å². The number of methoxy groups -OCH3 is 1. The van der Waals surface area contributed by atoms with E-state index in [2.05, 4.69) is 0 Å². The van der Waals surface area contributed by atoms with E-state index in [1.807, 2.05) is 27.7 Å². The average Bonchev–Trinajstić information content (AvgIpc) is 2.59. The van der Waals surface area contributed by atoms with E-state index < -0.39 is 24.0 Å². The average molecular weight is 278 g/mol. The fourth-order valence-electron chi connectivity index (χ4n) is 1.88. The molecule has 0 amide bonds. The molecule has 2 rings (SSSR count). The molecule has 0 radical (unpaired) electrons. The molecule has 0 saturated carbocycles. The quantitative estimate of drug-likeness (QED) is 0.790. The molecule has 1 heterocycles. The third-order valence-electron chi connectivity index (χ3n) is 3.90. The lowest BCUT2D eigenvalue weighted by Crippen LogP contribution is -2.41. The molecule has 20 heavy (non-hydrogen) atoms. The lowest BCUT2D eigenvalue weighted by atomic mass is 9.87. The van der Waals surface area contributed by atoms with Crippen LogP contribution in [0.25, 0.3) is 6.08 Å². The van der Waals surface area contributed by atoms with E-state index in [4.69, 9.17) is 14.0 Å². The number of hydrogen-bond acceptors (Lipinski definition) is 3. The predicted molar refractivity (Wildman–Crippen MR) is 78.2 cm³/mol. The summed E-state index contributed by atoms with van der Waals surface area (Å²) in [6.07, 6.45) is 1.42. The summed E-state index contributed by atoms with van der Waals surface area (Å²) in [7, 11) is 0.637. The normalized spacial score (nSPS) is 21.1. The number of rotatable bonds is 3. The van der Waals surface area contributed by atoms with Gasteiger partial charge < -0.3 is 14.0 Å². The molecule has 0 atom stereocenters. The number of ether oxygens (including phenoxy) is 1. The maximum absolute atomic E-state index is 14.2. The second-order valence-electron chi connectivity index (χ2n) is 5.89. The van der Waals surface area contributed by atoms with Crippen molar-refractivity contribution >= 4 is 13.2 Å². The number of hydrogen-bond donors (Lipinski definition) is 0. The first-order valence-corrected chi connectivity index (χ1v) is 6.62. The Morgan fingerprint density at radius 3 is 2.05 bits per heavy atom. The van der Waals surface area contributed by atoms with E-state index in [0.29, 0.717) is 0 Å². The molecule has 1 aromatic carbocycles. The lowest BCUT2D eigenvalue weighted by Gasteiger charge is -2.32. The van der Waals surface area contributed by atoms with E-state index >= 15 is 0 Å². The molecular formula is C15H20BFO3. The van der Waals surface area contributed by atoms with E-state index in [0.717, 1.165) is 11.3 Å². The Morgan fingerprint density at radius 1 is 1.10 bits per heavy atom. The molecule has 3 nitrogen and oxygen atoms in total. The molecule has 0 unspecified atom stereocenters. The summed E-state index contributed by atoms with van der Waals surface area (Å²) in [5, 5.41) is 0. The number of benzene rings is 1. The van der Waals surface area contributed by atoms with Gasteiger partial charge in [-0.2, -0.15) is 0 Å². The zero-order valence-electron chi connectivity index (χ0n) is 12.6. The first kappa shape index (κ1) is 15.1. The Kier molecular flexibility index (Phi) is 3.94. The van der Waals surface area contributed by atoms with Gasteiger partial charge in [0.05, 0.1) is 18.3 Å². The van der Waals surface area contributed by atoms with Crippen molar-refractivity contribution in [3.05, 3.63) is 35.6 Å². The number of halogens is 1. The lowest BCUT2D eigenvalue weighted by molar-refractivity contribution is 0.00578. The van der Waals surface area contributed by atoms with Crippen LogP contribution in [0.1, 0.15) is 33.3 Å². The van der Waals surface area contributed by atoms with Crippen molar-refractivity contribution in [2.24, 2.45) is 0 Å². The van der Waals surface area contributed by atoms with Gasteiger partial charge in [0.1, 0.15) is 11.5 Å². The first-order valence-electron chi connectivity index (χ1n) is 6.62. The monoisotopic (exact) mass is 278 g/mol. The van der Waals surface area contributed by atoms with Crippen molar-refractivity contribution in [3.8, 4) is 5.75 Å². The minimum absolute atomic E-state index is 0.436. The Bertz CT molecular complexity index is 492. The molecular weight excluding hydrogens is 258 g/mol. The second kappa shape index (κ2) is 5.22. The highest BCUT2D eigenvalue weighted by Crippen LogP contribution is 2.39. The summed E-state index contributed by atoms with van der Waals surface area (Å²) < 4.78 is 30.6. The molecule has 0 N–H and O–H groups in total. The van der Waals surface area contributed by atoms with Gasteiger partial charge in [-0.15, -0.1) is 0 Å². The van der Waals surface area contributed by atoms with Gasteiger partial charge in [-0.25, -0.2) is 4.39 Å². The fourth-order valence-corrected chi connectivity index (χ4v) is 1.88. The summed E-state index contributed by atoms with van der Waals surface area (Å²) in [6.45, 7) is 7.59. The Morgan fingerprint density at radius 2 is 1.60 bits per heavy atom. The maximum Gasteiger partial charge on any atom is 0.525 e. The van der Waals surface area contributed by atoms with Gasteiger partial charge in [0, 0.05) is 0 Å². The standard InChI is InChI=1S/C15H20BFO3/c1-14(2)15(3,4)20-16(19-14)13(17)10-11-6-8-12(18-5)9-7-11/h6-10H,1-5H3/b13-10-. The molecule has 0 aliphatic carbocycles. The summed E-state index contributed by atoms with van der Waals surface area (Å²) in [6, 6.07) is 7.13. The largest absolute Gasteiger partial charge is 0.525 e. The fraction of sp³-hybridized carbons (Fsp3) is 0.467. The van der Waals surface area contributed by atoms with Crippen LogP contribution in [0.3, 0.4) is 0 Å². The van der Waals surface area contributed by atoms with Crippen molar-refractivity contribution in [1.82, 2.24) is 0 Å². The van der Waals surface area contributed by atoms with Crippen LogP contribution in [-0.2, 0) is 9.31 Å². The van der Waals surface area contributed by atoms with Crippen LogP contribution in [0.15, 0.2) is 30.0 Å². The van der Waals surface area contributed by atoms with Crippen LogP contribution >= 0.6 is 0 Å². The predicted octanol–water partition coefficient (Wildman–Crippen LogP) is 3.64. The van der Waals surface area contributed by atoms with Crippen molar-refractivity contribution in [2.75, 3.05) is 7.11 Å². The Hall–Kier alpha value is -1.33. The molecule has 0 bridgehead atoms. The summed E-state index contributed by atoms with van der Waals surface area (Å²) in [4.78, 5) is 0. The molecule has 108 valence electrons. The molecule has 5 heteroatoms. The molecule has 1 aliphatic rings. The van der Waals surface area contributed by atoms with Crippen molar-refractivity contribution < 1.29 is 18.4 Å². The first-order chi connectivity index (χ1) is 9.25. The minimum Gasteiger partial charge on any atom is -0.497 e. The molecule has 1 saturated heterocycles. The van der Waals surface area contributed by atoms with E-state index in [-0.39, 0.29) is 0 Å². The summed E-state index contributed by atoms with van der Waals surface area (Å²) in [5.41, 5.74) is -0.780. The third kappa shape index (κ3) is 2.89. The van der Waals surface area contributed by atoms with Gasteiger partial charge in [-0.3, -0.25) is 0 Å². The van der Waals surface area contributed by atoms with Crippen molar-refractivity contribution in [3.63, 3.8) is 0 Å². The van der Waals surface area contributed by atoms with E-state index in [1.165, 1.54) is 6.08 Å². The SMILES string of the molecule is COc1ccc(/C=C(\F)B2OC(C)(C)C(C)(C)O2)cc1. The highest BCUT2D eigenvalue weighted by atomic mass is 19.1. The van der Waals surface area contributed by atoms with Crippen molar-refractivity contribution in [1.29, 1.82) is 0 Å². The summed E-state index contributed by atoms with van der Waals surface area (Å²) >= 11 is 0. The van der Waals surface area contributed by atoms with Crippen LogP contribution < -0.4 is 4.74 Å². The van der Waals surface area contributed by atoms with Crippen LogP contribution in [0.2, 0.25) is 0 Å². The Labute approximate surface area is 119 Å². The highest BCUT2D eigenvalue weighted by molar-refractivity contribution is 6.54. The van der Waals surface area contributed by atoms with Crippen LogP contribution in [-0.4, -0.2) is 25.4 Å². The van der Waals surface area contributed by atoms with Gasteiger partial charge in [-0.05, 0) is 51.5 Å². The van der Waals surface area contributed by atoms with Gasteiger partial charge in [-0.1, -0.05) is 12.1 Å². The molecule has 1 fully saturated rings. The summed E-state index contributed by atoms with van der Waals surface area (Å²) in [5.74, 6) is 0.734. The molecule has 1 aromatic rings. The van der Waals surface area contributed by atoms with Gasteiger partial charge >= 0.3 is 7.12 Å². The zero-order chi connectivity index (χ0) is 15.0. The van der Waals surface area contributed by atoms with E-state index in [1.54, 1.807) is 31.4 Å². The van der Waals surface area contributed by atoms with Crippen LogP contribution in [0.4, 0.5) is 4.39 Å². The second-order valence-corrected chi connectivity index (χ2v) is 5.89. The topological polar surface area (TPSA) is 27.7 Å². The van der Waals surface area contributed by atoms with Crippen LogP contribution in [0.5, 0.6) is 5.75 Å². The molecule has 1 aliphatic heterocycles. The zero-order valence-corrected chi connectivity index (χ0v) is 12.6. The van der Waals surface area contributed by atoms with E-state index in [9.17, 15) is 4.39 Å². The third-order valence-corrected chi connectivity index (χ3v) is 3.90. The van der Waals surface area contributed by atoms with Gasteiger partial charge in [0.25, 0.3) is 0 Å². The molecule has 0 aromatic heterocycles. The maximum atomic E-state index is 14.2. The molecule has 0 spiro atoms. The minimum atomic E-state index is -0.956. The van der Waals surface area contributed by atoms with Crippen LogP contribution in [0, 0.1) is 0 Å². The van der Waals surface area contributed by atoms with Gasteiger partial charge in [0.15, 0.2) is 0 Å². The smallest absolute Gasteiger partial charge is 0.497 e. The van der Waals surface area contributed by atoms with Gasteiger partial charge in [0.2, 0.25) is 0 Å². The highest BCUT2D eigenvalue weighted by Gasteiger charge is 2.52. The Balaban J connectivity index is 2.15.